The number of nitrogens with one attached hydrogen (secondary N) is 2. The monoisotopic (exact) mass is 270 g/mol. The number of carbonyl (C=O) groups excluding carboxylic acids is 1. The van der Waals surface area contributed by atoms with Crippen molar-refractivity contribution in [1.82, 2.24) is 10.6 Å². The van der Waals surface area contributed by atoms with E-state index in [2.05, 4.69) is 10.6 Å². The van der Waals surface area contributed by atoms with Gasteiger partial charge in [0.15, 0.2) is 11.6 Å². The predicted octanol–water partition coefficient (Wildman–Crippen LogP) is 1.13. The van der Waals surface area contributed by atoms with E-state index in [1.54, 1.807) is 7.05 Å². The Labute approximate surface area is 110 Å². The quantitative estimate of drug-likeness (QED) is 0.862. The summed E-state index contributed by atoms with van der Waals surface area (Å²) in [4.78, 5) is 11.5. The Morgan fingerprint density at radius 1 is 1.42 bits per heavy atom. The molecule has 2 unspecified atom stereocenters. The van der Waals surface area contributed by atoms with Crippen LogP contribution in [0, 0.1) is 11.6 Å². The molecule has 1 heterocycles. The van der Waals surface area contributed by atoms with Gasteiger partial charge >= 0.3 is 0 Å². The van der Waals surface area contributed by atoms with Crippen molar-refractivity contribution < 1.29 is 18.3 Å². The van der Waals surface area contributed by atoms with Crippen LogP contribution < -0.4 is 10.6 Å². The third kappa shape index (κ3) is 3.27. The second kappa shape index (κ2) is 6.08. The number of amides is 1. The van der Waals surface area contributed by atoms with Crippen molar-refractivity contribution in [2.75, 3.05) is 20.2 Å². The number of likely N-dealkylation sites (N-methyl/N-ethyl adjacent to an activating group) is 1. The zero-order valence-corrected chi connectivity index (χ0v) is 10.6. The SMILES string of the molecule is CNCC(=O)NC1CCOC1c1ccc(F)c(F)c1. The summed E-state index contributed by atoms with van der Waals surface area (Å²) in [6.45, 7) is 0.690. The molecular weight excluding hydrogens is 254 g/mol. The molecule has 1 fully saturated rings. The van der Waals surface area contributed by atoms with Crippen molar-refractivity contribution in [2.45, 2.75) is 18.6 Å². The number of ether oxygens (including phenoxy) is 1. The van der Waals surface area contributed by atoms with Crippen LogP contribution in [-0.4, -0.2) is 32.1 Å². The molecule has 0 aromatic heterocycles. The molecule has 0 bridgehead atoms. The van der Waals surface area contributed by atoms with Gasteiger partial charge in [0.25, 0.3) is 0 Å². The van der Waals surface area contributed by atoms with Crippen molar-refractivity contribution in [3.63, 3.8) is 0 Å². The Kier molecular flexibility index (Phi) is 4.44. The third-order valence-corrected chi connectivity index (χ3v) is 3.05. The summed E-state index contributed by atoms with van der Waals surface area (Å²) in [7, 11) is 1.68. The van der Waals surface area contributed by atoms with Crippen LogP contribution in [0.5, 0.6) is 0 Å². The lowest BCUT2D eigenvalue weighted by Crippen LogP contribution is -2.41. The smallest absolute Gasteiger partial charge is 0.234 e. The highest BCUT2D eigenvalue weighted by molar-refractivity contribution is 5.78. The molecule has 0 saturated carbocycles. The highest BCUT2D eigenvalue weighted by Crippen LogP contribution is 2.29. The highest BCUT2D eigenvalue weighted by atomic mass is 19.2. The highest BCUT2D eigenvalue weighted by Gasteiger charge is 2.31. The third-order valence-electron chi connectivity index (χ3n) is 3.05. The van der Waals surface area contributed by atoms with E-state index in [4.69, 9.17) is 4.74 Å². The summed E-state index contributed by atoms with van der Waals surface area (Å²) in [5.41, 5.74) is 0.533. The number of hydrogen-bond donors (Lipinski definition) is 2. The molecule has 2 N–H and O–H groups in total. The van der Waals surface area contributed by atoms with E-state index >= 15 is 0 Å². The molecule has 1 aliphatic heterocycles. The lowest BCUT2D eigenvalue weighted by molar-refractivity contribution is -0.121. The van der Waals surface area contributed by atoms with Gasteiger partial charge in [-0.2, -0.15) is 0 Å². The topological polar surface area (TPSA) is 50.4 Å². The largest absolute Gasteiger partial charge is 0.371 e. The van der Waals surface area contributed by atoms with Crippen molar-refractivity contribution in [3.05, 3.63) is 35.4 Å². The molecule has 1 amide bonds. The van der Waals surface area contributed by atoms with Gasteiger partial charge in [-0.05, 0) is 31.2 Å². The maximum Gasteiger partial charge on any atom is 0.234 e. The Morgan fingerprint density at radius 3 is 2.89 bits per heavy atom. The Morgan fingerprint density at radius 2 is 2.21 bits per heavy atom. The van der Waals surface area contributed by atoms with E-state index in [9.17, 15) is 13.6 Å². The van der Waals surface area contributed by atoms with Crippen LogP contribution in [0.1, 0.15) is 18.1 Å². The molecule has 6 heteroatoms. The van der Waals surface area contributed by atoms with Crippen molar-refractivity contribution in [2.24, 2.45) is 0 Å². The molecule has 1 aromatic rings. The Balaban J connectivity index is 2.09. The number of benzene rings is 1. The van der Waals surface area contributed by atoms with Gasteiger partial charge in [-0.3, -0.25) is 4.79 Å². The number of halogens is 2. The normalized spacial score (nSPS) is 22.5. The number of carbonyl (C=O) groups is 1. The van der Waals surface area contributed by atoms with Crippen LogP contribution in [0.25, 0.3) is 0 Å². The molecule has 0 aliphatic carbocycles. The fourth-order valence-electron chi connectivity index (χ4n) is 2.17. The molecule has 1 aliphatic rings. The average molecular weight is 270 g/mol. The predicted molar refractivity (Wildman–Crippen MR) is 65.5 cm³/mol. The lowest BCUT2D eigenvalue weighted by atomic mass is 10.0. The van der Waals surface area contributed by atoms with Gasteiger partial charge in [0, 0.05) is 6.61 Å². The van der Waals surface area contributed by atoms with E-state index in [0.717, 1.165) is 12.1 Å². The van der Waals surface area contributed by atoms with E-state index < -0.39 is 17.7 Å². The maximum absolute atomic E-state index is 13.2. The Bertz CT molecular complexity index is 468. The first kappa shape index (κ1) is 13.9. The second-order valence-electron chi connectivity index (χ2n) is 4.46. The molecule has 104 valence electrons. The zero-order valence-electron chi connectivity index (χ0n) is 10.6. The summed E-state index contributed by atoms with van der Waals surface area (Å²) in [6.07, 6.45) is 0.218. The summed E-state index contributed by atoms with van der Waals surface area (Å²) in [6, 6.07) is 3.44. The molecule has 0 spiro atoms. The van der Waals surface area contributed by atoms with Crippen LogP contribution in [0.4, 0.5) is 8.78 Å². The molecule has 0 radical (unpaired) electrons. The van der Waals surface area contributed by atoms with Gasteiger partial charge in [-0.15, -0.1) is 0 Å². The standard InChI is InChI=1S/C13H16F2N2O2/c1-16-7-12(18)17-11-4-5-19-13(11)8-2-3-9(14)10(15)6-8/h2-3,6,11,13,16H,4-5,7H2,1H3,(H,17,18). The first-order chi connectivity index (χ1) is 9.11. The summed E-state index contributed by atoms with van der Waals surface area (Å²) in [5, 5.41) is 5.57. The second-order valence-corrected chi connectivity index (χ2v) is 4.46. The van der Waals surface area contributed by atoms with Crippen LogP contribution in [0.15, 0.2) is 18.2 Å². The van der Waals surface area contributed by atoms with E-state index in [1.165, 1.54) is 6.07 Å². The molecule has 2 rings (SSSR count). The minimum atomic E-state index is -0.909. The number of rotatable bonds is 4. The number of hydrogen-bond acceptors (Lipinski definition) is 3. The van der Waals surface area contributed by atoms with Crippen LogP contribution in [0.3, 0.4) is 0 Å². The first-order valence-electron chi connectivity index (χ1n) is 6.12. The minimum Gasteiger partial charge on any atom is -0.371 e. The van der Waals surface area contributed by atoms with Gasteiger partial charge in [0.2, 0.25) is 5.91 Å². The van der Waals surface area contributed by atoms with Crippen LogP contribution in [0.2, 0.25) is 0 Å². The van der Waals surface area contributed by atoms with E-state index in [-0.39, 0.29) is 18.5 Å². The van der Waals surface area contributed by atoms with Gasteiger partial charge in [0.1, 0.15) is 6.10 Å². The van der Waals surface area contributed by atoms with Crippen molar-refractivity contribution in [3.8, 4) is 0 Å². The molecule has 1 saturated heterocycles. The maximum atomic E-state index is 13.2. The fourth-order valence-corrected chi connectivity index (χ4v) is 2.17. The summed E-state index contributed by atoms with van der Waals surface area (Å²) >= 11 is 0. The average Bonchev–Trinajstić information content (AvgIpc) is 2.81. The van der Waals surface area contributed by atoms with E-state index in [1.807, 2.05) is 0 Å². The van der Waals surface area contributed by atoms with Gasteiger partial charge in [0.05, 0.1) is 12.6 Å². The zero-order chi connectivity index (χ0) is 13.8. The van der Waals surface area contributed by atoms with Crippen molar-refractivity contribution >= 4 is 5.91 Å². The lowest BCUT2D eigenvalue weighted by Gasteiger charge is -2.20. The Hall–Kier alpha value is -1.53. The molecule has 1 aromatic carbocycles. The molecule has 4 nitrogen and oxygen atoms in total. The summed E-state index contributed by atoms with van der Waals surface area (Å²) < 4.78 is 31.6. The minimum absolute atomic E-state index is 0.148. The molecule has 2 atom stereocenters. The molecular formula is C13H16F2N2O2. The van der Waals surface area contributed by atoms with E-state index in [0.29, 0.717) is 18.6 Å². The van der Waals surface area contributed by atoms with Crippen LogP contribution in [-0.2, 0) is 9.53 Å². The fraction of sp³-hybridized carbons (Fsp3) is 0.462. The van der Waals surface area contributed by atoms with Gasteiger partial charge < -0.3 is 15.4 Å². The first-order valence-corrected chi connectivity index (χ1v) is 6.12. The summed E-state index contributed by atoms with van der Waals surface area (Å²) in [5.74, 6) is -1.95. The van der Waals surface area contributed by atoms with Gasteiger partial charge in [-0.1, -0.05) is 6.07 Å². The van der Waals surface area contributed by atoms with Gasteiger partial charge in [-0.25, -0.2) is 8.78 Å². The van der Waals surface area contributed by atoms with Crippen LogP contribution >= 0.6 is 0 Å². The van der Waals surface area contributed by atoms with Crippen molar-refractivity contribution in [1.29, 1.82) is 0 Å². The molecule has 19 heavy (non-hydrogen) atoms.